The first-order valence-electron chi connectivity index (χ1n) is 6.45. The van der Waals surface area contributed by atoms with E-state index >= 15 is 0 Å². The van der Waals surface area contributed by atoms with E-state index in [2.05, 4.69) is 5.32 Å². The van der Waals surface area contributed by atoms with E-state index in [0.29, 0.717) is 5.56 Å². The number of alkyl halides is 2. The maximum atomic E-state index is 12.8. The number of halogens is 3. The Hall–Kier alpha value is -2.35. The molecule has 0 aliphatic heterocycles. The maximum absolute atomic E-state index is 12.8. The van der Waals surface area contributed by atoms with Crippen LogP contribution >= 0.6 is 0 Å². The standard InChI is InChI=1S/C15H12F3NO3S/c16-12-5-1-10(2-6-12)9-19-14(20)11-3-7-13(8-4-11)23(21,22)15(17)18/h1-8,15H,9H2,(H,19,20). The van der Waals surface area contributed by atoms with Crippen molar-refractivity contribution in [1.82, 2.24) is 5.32 Å². The van der Waals surface area contributed by atoms with E-state index in [1.165, 1.54) is 24.3 Å². The highest BCUT2D eigenvalue weighted by Crippen LogP contribution is 2.18. The van der Waals surface area contributed by atoms with Crippen LogP contribution in [0.4, 0.5) is 13.2 Å². The van der Waals surface area contributed by atoms with Crippen molar-refractivity contribution >= 4 is 15.7 Å². The molecule has 2 aromatic carbocycles. The predicted molar refractivity (Wildman–Crippen MR) is 77.2 cm³/mol. The van der Waals surface area contributed by atoms with Crippen LogP contribution in [0.3, 0.4) is 0 Å². The zero-order valence-corrected chi connectivity index (χ0v) is 12.5. The van der Waals surface area contributed by atoms with Crippen LogP contribution in [0.1, 0.15) is 15.9 Å². The Bertz CT molecular complexity index is 788. The molecule has 23 heavy (non-hydrogen) atoms. The largest absolute Gasteiger partial charge is 0.348 e. The molecule has 0 atom stereocenters. The van der Waals surface area contributed by atoms with Gasteiger partial charge in [-0.05, 0) is 42.0 Å². The lowest BCUT2D eigenvalue weighted by Gasteiger charge is -2.07. The lowest BCUT2D eigenvalue weighted by atomic mass is 10.2. The summed E-state index contributed by atoms with van der Waals surface area (Å²) in [5.41, 5.74) is 0.803. The molecule has 0 heterocycles. The van der Waals surface area contributed by atoms with Gasteiger partial charge in [-0.25, -0.2) is 12.8 Å². The van der Waals surface area contributed by atoms with Gasteiger partial charge in [0.05, 0.1) is 4.90 Å². The van der Waals surface area contributed by atoms with Crippen molar-refractivity contribution in [2.75, 3.05) is 0 Å². The summed E-state index contributed by atoms with van der Waals surface area (Å²) in [6, 6.07) is 9.73. The second-order valence-electron chi connectivity index (χ2n) is 4.64. The molecule has 0 fully saturated rings. The van der Waals surface area contributed by atoms with Gasteiger partial charge in [0.15, 0.2) is 0 Å². The van der Waals surface area contributed by atoms with Gasteiger partial charge in [-0.1, -0.05) is 12.1 Å². The number of hydrogen-bond donors (Lipinski definition) is 1. The quantitative estimate of drug-likeness (QED) is 0.908. The molecule has 0 saturated heterocycles. The number of sulfone groups is 1. The van der Waals surface area contributed by atoms with Crippen LogP contribution < -0.4 is 5.32 Å². The summed E-state index contributed by atoms with van der Waals surface area (Å²) < 4.78 is 60.1. The molecule has 1 N–H and O–H groups in total. The maximum Gasteiger partial charge on any atom is 0.341 e. The Balaban J connectivity index is 2.04. The number of carbonyl (C=O) groups excluding carboxylic acids is 1. The summed E-state index contributed by atoms with van der Waals surface area (Å²) in [7, 11) is -4.68. The second kappa shape index (κ2) is 6.82. The van der Waals surface area contributed by atoms with Gasteiger partial charge in [0, 0.05) is 12.1 Å². The second-order valence-corrected chi connectivity index (χ2v) is 6.56. The third kappa shape index (κ3) is 4.10. The fourth-order valence-electron chi connectivity index (χ4n) is 1.79. The van der Waals surface area contributed by atoms with E-state index in [0.717, 1.165) is 24.3 Å². The minimum atomic E-state index is -4.68. The number of hydrogen-bond acceptors (Lipinski definition) is 3. The van der Waals surface area contributed by atoms with Crippen molar-refractivity contribution in [2.45, 2.75) is 17.2 Å². The molecule has 0 unspecified atom stereocenters. The molecule has 0 aliphatic rings. The van der Waals surface area contributed by atoms with Crippen molar-refractivity contribution in [1.29, 1.82) is 0 Å². The SMILES string of the molecule is O=C(NCc1ccc(F)cc1)c1ccc(S(=O)(=O)C(F)F)cc1. The average Bonchev–Trinajstić information content (AvgIpc) is 2.54. The molecule has 1 amide bonds. The van der Waals surface area contributed by atoms with Gasteiger partial charge < -0.3 is 5.32 Å². The average molecular weight is 343 g/mol. The zero-order valence-electron chi connectivity index (χ0n) is 11.7. The van der Waals surface area contributed by atoms with Crippen LogP contribution in [-0.2, 0) is 16.4 Å². The van der Waals surface area contributed by atoms with Gasteiger partial charge in [-0.15, -0.1) is 0 Å². The van der Waals surface area contributed by atoms with Gasteiger partial charge >= 0.3 is 5.76 Å². The number of amides is 1. The molecule has 2 aromatic rings. The summed E-state index contributed by atoms with van der Waals surface area (Å²) in [6.07, 6.45) is 0. The van der Waals surface area contributed by atoms with E-state index in [9.17, 15) is 26.4 Å². The van der Waals surface area contributed by atoms with E-state index < -0.39 is 32.2 Å². The monoisotopic (exact) mass is 343 g/mol. The van der Waals surface area contributed by atoms with E-state index in [1.807, 2.05) is 0 Å². The lowest BCUT2D eigenvalue weighted by Crippen LogP contribution is -2.22. The molecular formula is C15H12F3NO3S. The molecule has 0 spiro atoms. The van der Waals surface area contributed by atoms with Crippen LogP contribution in [-0.4, -0.2) is 20.1 Å². The molecule has 0 saturated carbocycles. The Labute approximate surface area is 130 Å². The van der Waals surface area contributed by atoms with Gasteiger partial charge in [-0.2, -0.15) is 8.78 Å². The first-order chi connectivity index (χ1) is 10.8. The summed E-state index contributed by atoms with van der Waals surface area (Å²) in [5.74, 6) is -4.41. The Morgan fingerprint density at radius 3 is 2.09 bits per heavy atom. The van der Waals surface area contributed by atoms with Crippen molar-refractivity contribution in [3.63, 3.8) is 0 Å². The highest BCUT2D eigenvalue weighted by Gasteiger charge is 2.26. The first kappa shape index (κ1) is 17.0. The highest BCUT2D eigenvalue weighted by atomic mass is 32.2. The normalized spacial score (nSPS) is 11.5. The molecule has 0 radical (unpaired) electrons. The minimum Gasteiger partial charge on any atom is -0.348 e. The summed E-state index contributed by atoms with van der Waals surface area (Å²) in [6.45, 7) is 0.149. The Kier molecular flexibility index (Phi) is 5.05. The van der Waals surface area contributed by atoms with Crippen LogP contribution in [0.5, 0.6) is 0 Å². The van der Waals surface area contributed by atoms with Crippen molar-refractivity contribution in [3.8, 4) is 0 Å². The zero-order chi connectivity index (χ0) is 17.0. The molecule has 0 aromatic heterocycles. The summed E-state index contributed by atoms with van der Waals surface area (Å²) in [5, 5.41) is 2.56. The molecule has 0 bridgehead atoms. The van der Waals surface area contributed by atoms with Gasteiger partial charge in [0.1, 0.15) is 5.82 Å². The lowest BCUT2D eigenvalue weighted by molar-refractivity contribution is 0.0951. The predicted octanol–water partition coefficient (Wildman–Crippen LogP) is 2.75. The van der Waals surface area contributed by atoms with E-state index in [4.69, 9.17) is 0 Å². The molecule has 8 heteroatoms. The fraction of sp³-hybridized carbons (Fsp3) is 0.133. The summed E-state index contributed by atoms with van der Waals surface area (Å²) in [4.78, 5) is 11.3. The number of rotatable bonds is 5. The number of carbonyl (C=O) groups is 1. The van der Waals surface area contributed by atoms with Gasteiger partial charge in [0.25, 0.3) is 5.91 Å². The van der Waals surface area contributed by atoms with Crippen LogP contribution in [0.15, 0.2) is 53.4 Å². The van der Waals surface area contributed by atoms with Crippen LogP contribution in [0.2, 0.25) is 0 Å². The third-order valence-electron chi connectivity index (χ3n) is 3.05. The van der Waals surface area contributed by atoms with Crippen molar-refractivity contribution < 1.29 is 26.4 Å². The number of nitrogens with one attached hydrogen (secondary N) is 1. The molecule has 2 rings (SSSR count). The molecular weight excluding hydrogens is 331 g/mol. The smallest absolute Gasteiger partial charge is 0.341 e. The highest BCUT2D eigenvalue weighted by molar-refractivity contribution is 7.91. The molecule has 4 nitrogen and oxygen atoms in total. The van der Waals surface area contributed by atoms with E-state index in [1.54, 1.807) is 0 Å². The van der Waals surface area contributed by atoms with E-state index in [-0.39, 0.29) is 12.1 Å². The minimum absolute atomic E-state index is 0.125. The van der Waals surface area contributed by atoms with Gasteiger partial charge in [0.2, 0.25) is 9.84 Å². The number of benzene rings is 2. The van der Waals surface area contributed by atoms with Crippen LogP contribution in [0, 0.1) is 5.82 Å². The van der Waals surface area contributed by atoms with Crippen molar-refractivity contribution in [3.05, 3.63) is 65.5 Å². The summed E-state index contributed by atoms with van der Waals surface area (Å²) >= 11 is 0. The Morgan fingerprint density at radius 2 is 1.57 bits per heavy atom. The molecule has 122 valence electrons. The third-order valence-corrected chi connectivity index (χ3v) is 4.44. The van der Waals surface area contributed by atoms with Gasteiger partial charge in [-0.3, -0.25) is 4.79 Å². The van der Waals surface area contributed by atoms with Crippen LogP contribution in [0.25, 0.3) is 0 Å². The Morgan fingerprint density at radius 1 is 1.00 bits per heavy atom. The first-order valence-corrected chi connectivity index (χ1v) is 8.00. The van der Waals surface area contributed by atoms with Crippen molar-refractivity contribution in [2.24, 2.45) is 0 Å². The topological polar surface area (TPSA) is 63.2 Å². The molecule has 0 aliphatic carbocycles. The fourth-order valence-corrected chi connectivity index (χ4v) is 2.51.